The van der Waals surface area contributed by atoms with E-state index in [0.717, 1.165) is 23.5 Å². The van der Waals surface area contributed by atoms with Crippen LogP contribution in [0.3, 0.4) is 0 Å². The maximum Gasteiger partial charge on any atom is 0.123 e. The smallest absolute Gasteiger partial charge is 0.123 e. The van der Waals surface area contributed by atoms with E-state index in [0.29, 0.717) is 0 Å². The Bertz CT molecular complexity index is 762. The third kappa shape index (κ3) is 1.88. The Morgan fingerprint density at radius 1 is 1.00 bits per heavy atom. The van der Waals surface area contributed by atoms with Gasteiger partial charge in [0, 0.05) is 17.7 Å². The largest absolute Gasteiger partial charge is 1.00 e. The summed E-state index contributed by atoms with van der Waals surface area (Å²) in [7, 11) is 0. The van der Waals surface area contributed by atoms with E-state index in [9.17, 15) is 4.39 Å². The predicted molar refractivity (Wildman–Crippen MR) is 72.2 cm³/mol. The molecule has 1 aliphatic rings. The molecule has 20 heavy (non-hydrogen) atoms. The van der Waals surface area contributed by atoms with Crippen molar-refractivity contribution in [2.45, 2.75) is 6.54 Å². The molecule has 0 atom stereocenters. The third-order valence-corrected chi connectivity index (χ3v) is 3.57. The Labute approximate surface area is 126 Å². The Morgan fingerprint density at radius 3 is 2.55 bits per heavy atom. The van der Waals surface area contributed by atoms with E-state index in [4.69, 9.17) is 0 Å². The molecule has 0 aliphatic carbocycles. The van der Waals surface area contributed by atoms with Gasteiger partial charge in [0.25, 0.3) is 0 Å². The van der Waals surface area contributed by atoms with Gasteiger partial charge >= 0.3 is 0 Å². The van der Waals surface area contributed by atoms with Gasteiger partial charge in [0.1, 0.15) is 5.82 Å². The van der Waals surface area contributed by atoms with E-state index in [1.165, 1.54) is 23.3 Å². The van der Waals surface area contributed by atoms with Crippen molar-refractivity contribution in [3.63, 3.8) is 0 Å². The van der Waals surface area contributed by atoms with Crippen molar-refractivity contribution in [1.29, 1.82) is 0 Å². The van der Waals surface area contributed by atoms with Gasteiger partial charge in [-0.1, -0.05) is 24.3 Å². The summed E-state index contributed by atoms with van der Waals surface area (Å²) in [5.41, 5.74) is 5.53. The minimum atomic E-state index is -0.222. The second-order valence-electron chi connectivity index (χ2n) is 4.73. The number of nitrogens with zero attached hydrogens (tertiary/aromatic N) is 2. The predicted octanol–water partition coefficient (Wildman–Crippen LogP) is 0.722. The number of rotatable bonds is 1. The molecule has 0 amide bonds. The van der Waals surface area contributed by atoms with Gasteiger partial charge in [0.15, 0.2) is 0 Å². The van der Waals surface area contributed by atoms with E-state index < -0.39 is 0 Å². The molecule has 0 unspecified atom stereocenters. The van der Waals surface area contributed by atoms with Gasteiger partial charge in [0.05, 0.1) is 17.7 Å². The van der Waals surface area contributed by atoms with Crippen LogP contribution in [0.4, 0.5) is 4.39 Å². The van der Waals surface area contributed by atoms with Crippen molar-refractivity contribution in [2.75, 3.05) is 0 Å². The normalized spacial score (nSPS) is 11.7. The molecular weight excluding hydrogens is 319 g/mol. The van der Waals surface area contributed by atoms with Gasteiger partial charge < -0.3 is 21.5 Å². The van der Waals surface area contributed by atoms with Crippen LogP contribution in [0.15, 0.2) is 54.9 Å². The zero-order chi connectivity index (χ0) is 12.8. The SMILES string of the molecule is Fc1ccc(-c2ncn3c2-c2ccccc2C3)cc1.[Br-]. The van der Waals surface area contributed by atoms with Gasteiger partial charge in [-0.3, -0.25) is 0 Å². The molecule has 1 aliphatic heterocycles. The maximum atomic E-state index is 13.0. The average Bonchev–Trinajstić information content (AvgIpc) is 2.98. The summed E-state index contributed by atoms with van der Waals surface area (Å²) >= 11 is 0. The van der Waals surface area contributed by atoms with Crippen LogP contribution >= 0.6 is 0 Å². The molecule has 0 spiro atoms. The zero-order valence-corrected chi connectivity index (χ0v) is 12.1. The van der Waals surface area contributed by atoms with Crippen LogP contribution < -0.4 is 17.0 Å². The second-order valence-corrected chi connectivity index (χ2v) is 4.73. The standard InChI is InChI=1S/C16H11FN2.BrH/c17-13-7-5-11(6-8-13)15-16-14-4-2-1-3-12(14)9-19(16)10-18-15;/h1-8,10H,9H2;1H/p-1. The van der Waals surface area contributed by atoms with Crippen molar-refractivity contribution in [3.05, 3.63) is 66.2 Å². The maximum absolute atomic E-state index is 13.0. The van der Waals surface area contributed by atoms with E-state index in [2.05, 4.69) is 27.8 Å². The Kier molecular flexibility index (Phi) is 3.18. The van der Waals surface area contributed by atoms with Gasteiger partial charge in [-0.05, 0) is 29.8 Å². The van der Waals surface area contributed by atoms with Crippen LogP contribution in [-0.2, 0) is 6.54 Å². The van der Waals surface area contributed by atoms with Gasteiger partial charge in [-0.25, -0.2) is 9.37 Å². The first-order valence-corrected chi connectivity index (χ1v) is 6.22. The lowest BCUT2D eigenvalue weighted by atomic mass is 10.0. The summed E-state index contributed by atoms with van der Waals surface area (Å²) < 4.78 is 15.2. The zero-order valence-electron chi connectivity index (χ0n) is 10.6. The molecule has 0 N–H and O–H groups in total. The topological polar surface area (TPSA) is 17.8 Å². The van der Waals surface area contributed by atoms with Gasteiger partial charge in [-0.2, -0.15) is 0 Å². The minimum absolute atomic E-state index is 0. The fraction of sp³-hybridized carbons (Fsp3) is 0.0625. The molecule has 0 saturated carbocycles. The summed E-state index contributed by atoms with van der Waals surface area (Å²) in [6.45, 7) is 0.861. The second kappa shape index (κ2) is 4.87. The highest BCUT2D eigenvalue weighted by Crippen LogP contribution is 2.38. The summed E-state index contributed by atoms with van der Waals surface area (Å²) in [6.07, 6.45) is 1.86. The lowest BCUT2D eigenvalue weighted by molar-refractivity contribution is -0.00000434. The number of fused-ring (bicyclic) bond motifs is 3. The number of hydrogen-bond acceptors (Lipinski definition) is 1. The van der Waals surface area contributed by atoms with Crippen LogP contribution in [0.5, 0.6) is 0 Å². The number of halogens is 2. The van der Waals surface area contributed by atoms with Crippen molar-refractivity contribution in [1.82, 2.24) is 9.55 Å². The lowest BCUT2D eigenvalue weighted by Crippen LogP contribution is -3.00. The Morgan fingerprint density at radius 2 is 1.75 bits per heavy atom. The Balaban J connectivity index is 0.00000121. The van der Waals surface area contributed by atoms with Crippen LogP contribution in [0, 0.1) is 5.82 Å². The molecule has 2 heterocycles. The van der Waals surface area contributed by atoms with Gasteiger partial charge in [-0.15, -0.1) is 0 Å². The van der Waals surface area contributed by atoms with Crippen molar-refractivity contribution < 1.29 is 21.4 Å². The van der Waals surface area contributed by atoms with Crippen LogP contribution in [0.2, 0.25) is 0 Å². The molecular formula is C16H11BrFN2-. The molecule has 0 radical (unpaired) electrons. The van der Waals surface area contributed by atoms with Crippen LogP contribution in [0.1, 0.15) is 5.56 Å². The summed E-state index contributed by atoms with van der Waals surface area (Å²) in [5.74, 6) is -0.222. The highest BCUT2D eigenvalue weighted by molar-refractivity contribution is 5.82. The first kappa shape index (κ1) is 13.1. The number of aromatic nitrogens is 2. The van der Waals surface area contributed by atoms with Crippen molar-refractivity contribution in [3.8, 4) is 22.5 Å². The molecule has 2 nitrogen and oxygen atoms in total. The first-order valence-electron chi connectivity index (χ1n) is 6.22. The fourth-order valence-corrected chi connectivity index (χ4v) is 2.68. The molecule has 0 fully saturated rings. The van der Waals surface area contributed by atoms with Crippen LogP contribution in [-0.4, -0.2) is 9.55 Å². The average molecular weight is 330 g/mol. The molecule has 4 rings (SSSR count). The fourth-order valence-electron chi connectivity index (χ4n) is 2.68. The lowest BCUT2D eigenvalue weighted by Gasteiger charge is -2.02. The highest BCUT2D eigenvalue weighted by Gasteiger charge is 2.22. The molecule has 100 valence electrons. The van der Waals surface area contributed by atoms with Crippen LogP contribution in [0.25, 0.3) is 22.5 Å². The quantitative estimate of drug-likeness (QED) is 0.503. The van der Waals surface area contributed by atoms with Crippen molar-refractivity contribution >= 4 is 0 Å². The monoisotopic (exact) mass is 329 g/mol. The number of imidazole rings is 1. The number of hydrogen-bond donors (Lipinski definition) is 0. The third-order valence-electron chi connectivity index (χ3n) is 3.57. The highest BCUT2D eigenvalue weighted by atomic mass is 79.9. The van der Waals surface area contributed by atoms with Gasteiger partial charge in [0.2, 0.25) is 0 Å². The van der Waals surface area contributed by atoms with E-state index >= 15 is 0 Å². The number of benzene rings is 2. The molecule has 4 heteroatoms. The summed E-state index contributed by atoms with van der Waals surface area (Å²) in [5, 5.41) is 0. The summed E-state index contributed by atoms with van der Waals surface area (Å²) in [6, 6.07) is 14.8. The first-order chi connectivity index (χ1) is 9.33. The molecule has 0 saturated heterocycles. The van der Waals surface area contributed by atoms with E-state index in [1.807, 2.05) is 12.4 Å². The molecule has 2 aromatic carbocycles. The van der Waals surface area contributed by atoms with E-state index in [1.54, 1.807) is 12.1 Å². The van der Waals surface area contributed by atoms with E-state index in [-0.39, 0.29) is 22.8 Å². The molecule has 1 aromatic heterocycles. The minimum Gasteiger partial charge on any atom is -1.00 e. The van der Waals surface area contributed by atoms with Crippen molar-refractivity contribution in [2.24, 2.45) is 0 Å². The summed E-state index contributed by atoms with van der Waals surface area (Å²) in [4.78, 5) is 4.48. The molecule has 0 bridgehead atoms. The Hall–Kier alpha value is -1.94. The molecule has 3 aromatic rings.